The maximum Gasteiger partial charge on any atom is 0.320 e. The Hall–Kier alpha value is -1.64. The summed E-state index contributed by atoms with van der Waals surface area (Å²) in [7, 11) is 0. The molecule has 1 saturated heterocycles. The van der Waals surface area contributed by atoms with Crippen LogP contribution in [0.3, 0.4) is 0 Å². The van der Waals surface area contributed by atoms with Crippen molar-refractivity contribution in [1.82, 2.24) is 0 Å². The van der Waals surface area contributed by atoms with E-state index in [1.54, 1.807) is 0 Å². The first kappa shape index (κ1) is 8.94. The van der Waals surface area contributed by atoms with Gasteiger partial charge in [0.25, 0.3) is 0 Å². The second-order valence-corrected chi connectivity index (χ2v) is 3.01. The van der Waals surface area contributed by atoms with E-state index in [-0.39, 0.29) is 12.0 Å². The van der Waals surface area contributed by atoms with Crippen LogP contribution in [0.25, 0.3) is 0 Å². The van der Waals surface area contributed by atoms with Crippen LogP contribution in [0, 0.1) is 0 Å². The summed E-state index contributed by atoms with van der Waals surface area (Å²) in [5.41, 5.74) is 1.04. The van der Waals surface area contributed by atoms with Crippen LogP contribution in [-0.4, -0.2) is 11.7 Å². The highest BCUT2D eigenvalue weighted by molar-refractivity contribution is 5.31. The topological polar surface area (TPSA) is 42.0 Å². The highest BCUT2D eigenvalue weighted by Crippen LogP contribution is 2.44. The second-order valence-electron chi connectivity index (χ2n) is 3.01. The Morgan fingerprint density at radius 1 is 1.43 bits per heavy atom. The molecule has 1 aliphatic heterocycles. The van der Waals surface area contributed by atoms with E-state index in [0.29, 0.717) is 12.4 Å². The van der Waals surface area contributed by atoms with Gasteiger partial charge in [-0.2, -0.15) is 0 Å². The van der Waals surface area contributed by atoms with Crippen molar-refractivity contribution in [3.63, 3.8) is 0 Å². The van der Waals surface area contributed by atoms with Gasteiger partial charge in [-0.3, -0.25) is 0 Å². The molecule has 1 aliphatic rings. The summed E-state index contributed by atoms with van der Waals surface area (Å²) in [6, 6.07) is 9.73. The standard InChI is InChI=1S/C11H12O3/c1-2-13-11(12)10-9(14-10)8-6-4-3-5-7-8/h3-7,9,12H,2H2,1H3/b11-10-/t9-/m0/s1. The number of aliphatic hydroxyl groups is 1. The molecule has 74 valence electrons. The lowest BCUT2D eigenvalue weighted by molar-refractivity contribution is 0.0960. The summed E-state index contributed by atoms with van der Waals surface area (Å²) < 4.78 is 10.1. The molecule has 1 atom stereocenters. The SMILES string of the molecule is CCO/C(O)=C1\O[C@H]1c1ccccc1. The number of hydrogen-bond donors (Lipinski definition) is 1. The van der Waals surface area contributed by atoms with Crippen molar-refractivity contribution in [2.24, 2.45) is 0 Å². The largest absolute Gasteiger partial charge is 0.478 e. The van der Waals surface area contributed by atoms with Crippen LogP contribution in [0.15, 0.2) is 42.0 Å². The van der Waals surface area contributed by atoms with Crippen molar-refractivity contribution in [2.45, 2.75) is 13.0 Å². The fourth-order valence-corrected chi connectivity index (χ4v) is 1.31. The highest BCUT2D eigenvalue weighted by Gasteiger charge is 2.39. The molecule has 1 heterocycles. The van der Waals surface area contributed by atoms with Gasteiger partial charge in [-0.25, -0.2) is 0 Å². The zero-order valence-electron chi connectivity index (χ0n) is 7.93. The number of epoxide rings is 1. The molecule has 0 unspecified atom stereocenters. The van der Waals surface area contributed by atoms with E-state index in [9.17, 15) is 5.11 Å². The van der Waals surface area contributed by atoms with Gasteiger partial charge in [0.05, 0.1) is 6.61 Å². The summed E-state index contributed by atoms with van der Waals surface area (Å²) in [6.45, 7) is 2.26. The molecule has 3 heteroatoms. The summed E-state index contributed by atoms with van der Waals surface area (Å²) in [6.07, 6.45) is -0.122. The lowest BCUT2D eigenvalue weighted by Crippen LogP contribution is -1.90. The summed E-state index contributed by atoms with van der Waals surface area (Å²) in [4.78, 5) is 0. The Kier molecular flexibility index (Phi) is 2.31. The van der Waals surface area contributed by atoms with Gasteiger partial charge < -0.3 is 14.6 Å². The molecule has 0 amide bonds. The van der Waals surface area contributed by atoms with E-state index >= 15 is 0 Å². The quantitative estimate of drug-likeness (QED) is 0.591. The number of aliphatic hydroxyl groups excluding tert-OH is 1. The average molecular weight is 192 g/mol. The van der Waals surface area contributed by atoms with Crippen LogP contribution < -0.4 is 0 Å². The maximum absolute atomic E-state index is 9.35. The van der Waals surface area contributed by atoms with E-state index in [4.69, 9.17) is 9.47 Å². The molecule has 0 bridgehead atoms. The minimum atomic E-state index is -0.122. The fraction of sp³-hybridized carbons (Fsp3) is 0.273. The lowest BCUT2D eigenvalue weighted by Gasteiger charge is -1.95. The molecule has 0 spiro atoms. The van der Waals surface area contributed by atoms with E-state index in [1.807, 2.05) is 37.3 Å². The molecule has 0 aromatic heterocycles. The molecule has 1 N–H and O–H groups in total. The smallest absolute Gasteiger partial charge is 0.320 e. The highest BCUT2D eigenvalue weighted by atomic mass is 16.6. The third kappa shape index (κ3) is 1.66. The van der Waals surface area contributed by atoms with Crippen LogP contribution >= 0.6 is 0 Å². The zero-order valence-corrected chi connectivity index (χ0v) is 7.93. The van der Waals surface area contributed by atoms with Crippen LogP contribution in [0.4, 0.5) is 0 Å². The normalized spacial score (nSPS) is 22.5. The number of benzene rings is 1. The van der Waals surface area contributed by atoms with Crippen molar-refractivity contribution >= 4 is 0 Å². The molecule has 1 fully saturated rings. The molecule has 3 nitrogen and oxygen atoms in total. The number of ether oxygens (including phenoxy) is 2. The first-order chi connectivity index (χ1) is 6.83. The molecule has 14 heavy (non-hydrogen) atoms. The van der Waals surface area contributed by atoms with Crippen molar-refractivity contribution < 1.29 is 14.6 Å². The van der Waals surface area contributed by atoms with Gasteiger partial charge in [-0.15, -0.1) is 0 Å². The summed E-state index contributed by atoms with van der Waals surface area (Å²) in [5, 5.41) is 9.35. The van der Waals surface area contributed by atoms with Gasteiger partial charge in [0, 0.05) is 5.56 Å². The Labute approximate surface area is 82.6 Å². The molecule has 0 aliphatic carbocycles. The second kappa shape index (κ2) is 3.62. The van der Waals surface area contributed by atoms with Crippen LogP contribution in [-0.2, 0) is 9.47 Å². The first-order valence-electron chi connectivity index (χ1n) is 4.60. The third-order valence-corrected chi connectivity index (χ3v) is 2.02. The average Bonchev–Trinajstić information content (AvgIpc) is 2.99. The van der Waals surface area contributed by atoms with E-state index < -0.39 is 0 Å². The Morgan fingerprint density at radius 3 is 2.79 bits per heavy atom. The molecule has 1 aromatic carbocycles. The van der Waals surface area contributed by atoms with Crippen LogP contribution in [0.2, 0.25) is 0 Å². The van der Waals surface area contributed by atoms with Crippen molar-refractivity contribution in [3.05, 3.63) is 47.6 Å². The van der Waals surface area contributed by atoms with E-state index in [0.717, 1.165) is 5.56 Å². The summed E-state index contributed by atoms with van der Waals surface area (Å²) in [5.74, 6) is 0.430. The van der Waals surface area contributed by atoms with Crippen LogP contribution in [0.1, 0.15) is 18.6 Å². The van der Waals surface area contributed by atoms with E-state index in [2.05, 4.69) is 0 Å². The van der Waals surface area contributed by atoms with Gasteiger partial charge in [0.15, 0.2) is 6.10 Å². The zero-order chi connectivity index (χ0) is 9.97. The minimum absolute atomic E-state index is 0.0960. The Morgan fingerprint density at radius 2 is 2.14 bits per heavy atom. The van der Waals surface area contributed by atoms with Crippen molar-refractivity contribution in [3.8, 4) is 0 Å². The number of rotatable bonds is 3. The molecule has 0 radical (unpaired) electrons. The first-order valence-corrected chi connectivity index (χ1v) is 4.60. The van der Waals surface area contributed by atoms with Crippen molar-refractivity contribution in [2.75, 3.05) is 6.61 Å². The lowest BCUT2D eigenvalue weighted by atomic mass is 10.1. The predicted molar refractivity (Wildman–Crippen MR) is 51.5 cm³/mol. The monoisotopic (exact) mass is 192 g/mol. The maximum atomic E-state index is 9.35. The predicted octanol–water partition coefficient (Wildman–Crippen LogP) is 2.52. The van der Waals surface area contributed by atoms with Gasteiger partial charge in [-0.1, -0.05) is 30.3 Å². The fourth-order valence-electron chi connectivity index (χ4n) is 1.31. The minimum Gasteiger partial charge on any atom is -0.478 e. The van der Waals surface area contributed by atoms with Gasteiger partial charge in [0.1, 0.15) is 0 Å². The third-order valence-electron chi connectivity index (χ3n) is 2.02. The van der Waals surface area contributed by atoms with Gasteiger partial charge in [0.2, 0.25) is 5.76 Å². The van der Waals surface area contributed by atoms with E-state index in [1.165, 1.54) is 0 Å². The molecular formula is C11H12O3. The molecule has 2 rings (SSSR count). The molecule has 1 aromatic rings. The van der Waals surface area contributed by atoms with Gasteiger partial charge in [-0.05, 0) is 6.92 Å². The van der Waals surface area contributed by atoms with Crippen molar-refractivity contribution in [1.29, 1.82) is 0 Å². The molecular weight excluding hydrogens is 180 g/mol. The Balaban J connectivity index is 2.09. The van der Waals surface area contributed by atoms with Crippen LogP contribution in [0.5, 0.6) is 0 Å². The molecule has 0 saturated carbocycles. The van der Waals surface area contributed by atoms with Gasteiger partial charge >= 0.3 is 5.95 Å². The Bertz CT molecular complexity index is 343. The number of hydrogen-bond acceptors (Lipinski definition) is 3. The summed E-state index contributed by atoms with van der Waals surface area (Å²) >= 11 is 0.